The summed E-state index contributed by atoms with van der Waals surface area (Å²) in [5.41, 5.74) is -0.999. The largest absolute Gasteiger partial charge is 0.497 e. The van der Waals surface area contributed by atoms with Gasteiger partial charge in [-0.1, -0.05) is 0 Å². The van der Waals surface area contributed by atoms with Gasteiger partial charge in [-0.05, 0) is 44.2 Å². The molecule has 2 rings (SSSR count). The van der Waals surface area contributed by atoms with Gasteiger partial charge < -0.3 is 19.7 Å². The third kappa shape index (κ3) is 7.51. The Hall–Kier alpha value is -2.30. The molecule has 30 heavy (non-hydrogen) atoms. The second kappa shape index (κ2) is 10.6. The van der Waals surface area contributed by atoms with Crippen molar-refractivity contribution in [3.8, 4) is 11.5 Å². The van der Waals surface area contributed by atoms with Gasteiger partial charge in [0.1, 0.15) is 24.2 Å². The molecule has 0 aliphatic rings. The Kier molecular flexibility index (Phi) is 8.51. The van der Waals surface area contributed by atoms with E-state index in [2.05, 4.69) is 5.10 Å². The molecule has 0 spiro atoms. The van der Waals surface area contributed by atoms with Crippen molar-refractivity contribution in [1.29, 1.82) is 0 Å². The van der Waals surface area contributed by atoms with E-state index in [0.29, 0.717) is 11.5 Å². The molecule has 0 saturated heterocycles. The van der Waals surface area contributed by atoms with Crippen molar-refractivity contribution < 1.29 is 32.9 Å². The summed E-state index contributed by atoms with van der Waals surface area (Å²) in [5, 5.41) is 24.1. The van der Waals surface area contributed by atoms with Crippen molar-refractivity contribution in [1.82, 2.24) is 14.7 Å². The highest BCUT2D eigenvalue weighted by Crippen LogP contribution is 2.27. The molecule has 0 saturated carbocycles. The molecule has 2 unspecified atom stereocenters. The lowest BCUT2D eigenvalue weighted by Crippen LogP contribution is -2.44. The van der Waals surface area contributed by atoms with Gasteiger partial charge in [-0.15, -0.1) is 0 Å². The predicted octanol–water partition coefficient (Wildman–Crippen LogP) is 2.42. The van der Waals surface area contributed by atoms with Crippen LogP contribution in [0.4, 0.5) is 13.2 Å². The minimum absolute atomic E-state index is 0.00126. The van der Waals surface area contributed by atoms with Gasteiger partial charge in [-0.2, -0.15) is 18.3 Å². The van der Waals surface area contributed by atoms with Crippen LogP contribution < -0.4 is 9.47 Å². The molecule has 0 fully saturated rings. The van der Waals surface area contributed by atoms with Crippen LogP contribution in [0.3, 0.4) is 0 Å². The zero-order valence-electron chi connectivity index (χ0n) is 17.2. The lowest BCUT2D eigenvalue weighted by Gasteiger charge is -2.30. The van der Waals surface area contributed by atoms with Gasteiger partial charge in [-0.3, -0.25) is 9.58 Å². The van der Waals surface area contributed by atoms with E-state index in [9.17, 15) is 23.4 Å². The fraction of sp³-hybridized carbons (Fsp3) is 0.550. The maximum absolute atomic E-state index is 12.6. The zero-order chi connectivity index (χ0) is 22.3. The average Bonchev–Trinajstić information content (AvgIpc) is 3.15. The van der Waals surface area contributed by atoms with Crippen molar-refractivity contribution in [2.75, 3.05) is 26.8 Å². The first-order chi connectivity index (χ1) is 14.1. The number of aromatic nitrogens is 2. The molecule has 7 nitrogen and oxygen atoms in total. The summed E-state index contributed by atoms with van der Waals surface area (Å²) in [6, 6.07) is 7.82. The number of rotatable bonds is 11. The summed E-state index contributed by atoms with van der Waals surface area (Å²) in [4.78, 5) is 1.83. The van der Waals surface area contributed by atoms with E-state index in [4.69, 9.17) is 9.47 Å². The van der Waals surface area contributed by atoms with E-state index in [-0.39, 0.29) is 32.3 Å². The molecule has 2 aromatic rings. The number of nitrogens with zero attached hydrogens (tertiary/aromatic N) is 3. The first kappa shape index (κ1) is 24.0. The van der Waals surface area contributed by atoms with Gasteiger partial charge in [0.05, 0.1) is 19.8 Å². The number of hydrogen-bond donors (Lipinski definition) is 2. The van der Waals surface area contributed by atoms with Crippen LogP contribution in [-0.2, 0) is 12.7 Å². The van der Waals surface area contributed by atoms with Crippen molar-refractivity contribution in [3.05, 3.63) is 42.2 Å². The van der Waals surface area contributed by atoms with Crippen LogP contribution in [0.1, 0.15) is 19.5 Å². The van der Waals surface area contributed by atoms with Crippen molar-refractivity contribution in [2.45, 2.75) is 44.8 Å². The SMILES string of the molecule is COc1ccc(OCC(O)CN(CC(O)Cn2ccc(C(F)(F)F)n2)C(C)C)cc1. The van der Waals surface area contributed by atoms with E-state index in [1.165, 1.54) is 6.20 Å². The average molecular weight is 431 g/mol. The number of aliphatic hydroxyl groups is 2. The lowest BCUT2D eigenvalue weighted by atomic mass is 10.2. The predicted molar refractivity (Wildman–Crippen MR) is 104 cm³/mol. The molecule has 1 aromatic carbocycles. The first-order valence-electron chi connectivity index (χ1n) is 9.56. The molecule has 0 radical (unpaired) electrons. The number of benzene rings is 1. The van der Waals surface area contributed by atoms with Crippen molar-refractivity contribution in [3.63, 3.8) is 0 Å². The quantitative estimate of drug-likeness (QED) is 0.569. The van der Waals surface area contributed by atoms with E-state index >= 15 is 0 Å². The number of alkyl halides is 3. The summed E-state index contributed by atoms with van der Waals surface area (Å²) in [6.45, 7) is 4.17. The van der Waals surface area contributed by atoms with Crippen molar-refractivity contribution >= 4 is 0 Å². The van der Waals surface area contributed by atoms with E-state index in [0.717, 1.165) is 10.7 Å². The van der Waals surface area contributed by atoms with Crippen LogP contribution in [0.15, 0.2) is 36.5 Å². The second-order valence-corrected chi connectivity index (χ2v) is 7.26. The highest BCUT2D eigenvalue weighted by Gasteiger charge is 2.33. The van der Waals surface area contributed by atoms with Gasteiger partial charge in [0.2, 0.25) is 0 Å². The highest BCUT2D eigenvalue weighted by atomic mass is 19.4. The fourth-order valence-corrected chi connectivity index (χ4v) is 2.84. The Balaban J connectivity index is 1.84. The minimum atomic E-state index is -4.52. The molecule has 0 bridgehead atoms. The summed E-state index contributed by atoms with van der Waals surface area (Å²) in [7, 11) is 1.57. The minimum Gasteiger partial charge on any atom is -0.497 e. The molecule has 1 heterocycles. The van der Waals surface area contributed by atoms with Gasteiger partial charge >= 0.3 is 6.18 Å². The number of halogens is 3. The van der Waals surface area contributed by atoms with E-state index in [1.807, 2.05) is 18.7 Å². The van der Waals surface area contributed by atoms with Crippen LogP contribution in [0.2, 0.25) is 0 Å². The van der Waals surface area contributed by atoms with Crippen molar-refractivity contribution in [2.24, 2.45) is 0 Å². The molecule has 2 atom stereocenters. The molecule has 168 valence electrons. The Bertz CT molecular complexity index is 765. The molecular formula is C20H28F3N3O4. The normalized spacial score (nSPS) is 14.2. The molecular weight excluding hydrogens is 403 g/mol. The van der Waals surface area contributed by atoms with E-state index in [1.54, 1.807) is 31.4 Å². The Morgan fingerprint density at radius 2 is 1.63 bits per heavy atom. The summed E-state index contributed by atoms with van der Waals surface area (Å²) in [6.07, 6.45) is -5.11. The van der Waals surface area contributed by atoms with E-state index < -0.39 is 24.1 Å². The molecule has 1 aromatic heterocycles. The number of methoxy groups -OCH3 is 1. The summed E-state index contributed by atoms with van der Waals surface area (Å²) >= 11 is 0. The zero-order valence-corrected chi connectivity index (χ0v) is 17.2. The fourth-order valence-electron chi connectivity index (χ4n) is 2.84. The topological polar surface area (TPSA) is 80.0 Å². The van der Waals surface area contributed by atoms with Crippen LogP contribution in [0, 0.1) is 0 Å². The molecule has 0 amide bonds. The van der Waals surface area contributed by atoms with Crippen LogP contribution in [0.25, 0.3) is 0 Å². The molecule has 0 aliphatic carbocycles. The Morgan fingerprint density at radius 1 is 1.03 bits per heavy atom. The number of ether oxygens (including phenoxy) is 2. The van der Waals surface area contributed by atoms with Crippen LogP contribution >= 0.6 is 0 Å². The standard InChI is InChI=1S/C20H28F3N3O4/c1-14(2)25(10-15(27)12-26-9-8-19(24-26)20(21,22)23)11-16(28)13-30-18-6-4-17(29-3)5-7-18/h4-9,14-16,27-28H,10-13H2,1-3H3. The third-order valence-corrected chi connectivity index (χ3v) is 4.45. The summed E-state index contributed by atoms with van der Waals surface area (Å²) in [5.74, 6) is 1.28. The number of hydrogen-bond acceptors (Lipinski definition) is 6. The Labute approximate surface area is 173 Å². The maximum atomic E-state index is 12.6. The van der Waals surface area contributed by atoms with Gasteiger partial charge in [0.25, 0.3) is 0 Å². The van der Waals surface area contributed by atoms with Crippen LogP contribution in [0.5, 0.6) is 11.5 Å². The number of aliphatic hydroxyl groups excluding tert-OH is 2. The summed E-state index contributed by atoms with van der Waals surface area (Å²) < 4.78 is 49.6. The molecule has 0 aliphatic heterocycles. The second-order valence-electron chi connectivity index (χ2n) is 7.26. The monoisotopic (exact) mass is 431 g/mol. The first-order valence-corrected chi connectivity index (χ1v) is 9.56. The van der Waals surface area contributed by atoms with Gasteiger partial charge in [0, 0.05) is 25.3 Å². The molecule has 10 heteroatoms. The Morgan fingerprint density at radius 3 is 2.17 bits per heavy atom. The molecule has 2 N–H and O–H groups in total. The third-order valence-electron chi connectivity index (χ3n) is 4.45. The highest BCUT2D eigenvalue weighted by molar-refractivity contribution is 5.31. The maximum Gasteiger partial charge on any atom is 0.435 e. The smallest absolute Gasteiger partial charge is 0.435 e. The van der Waals surface area contributed by atoms with Gasteiger partial charge in [-0.25, -0.2) is 0 Å². The van der Waals surface area contributed by atoms with Crippen LogP contribution in [-0.4, -0.2) is 69.9 Å². The lowest BCUT2D eigenvalue weighted by molar-refractivity contribution is -0.141. The van der Waals surface area contributed by atoms with Gasteiger partial charge in [0.15, 0.2) is 5.69 Å².